The summed E-state index contributed by atoms with van der Waals surface area (Å²) in [6.07, 6.45) is -4.52. The van der Waals surface area contributed by atoms with Gasteiger partial charge in [0.2, 0.25) is 16.0 Å². The molecule has 0 saturated carbocycles. The van der Waals surface area contributed by atoms with Crippen LogP contribution in [0.4, 0.5) is 18.3 Å². The zero-order valence-corrected chi connectivity index (χ0v) is 12.3. The second-order valence-electron chi connectivity index (χ2n) is 4.91. The summed E-state index contributed by atoms with van der Waals surface area (Å²) >= 11 is 0.309. The van der Waals surface area contributed by atoms with Crippen molar-refractivity contribution in [2.45, 2.75) is 32.2 Å². The zero-order chi connectivity index (χ0) is 15.6. The fourth-order valence-electron chi connectivity index (χ4n) is 2.16. The van der Waals surface area contributed by atoms with E-state index in [1.807, 2.05) is 18.7 Å². The van der Waals surface area contributed by atoms with Crippen molar-refractivity contribution in [1.82, 2.24) is 15.1 Å². The summed E-state index contributed by atoms with van der Waals surface area (Å²) in [5, 5.41) is 7.43. The highest BCUT2D eigenvalue weighted by atomic mass is 32.1. The monoisotopic (exact) mass is 324 g/mol. The Kier molecular flexibility index (Phi) is 4.79. The molecule has 6 nitrogen and oxygen atoms in total. The normalized spacial score (nSPS) is 24.0. The first-order valence-electron chi connectivity index (χ1n) is 6.32. The maximum atomic E-state index is 12.4. The summed E-state index contributed by atoms with van der Waals surface area (Å²) in [4.78, 5) is 13.7. The molecular formula is C11H15F3N4O2S. The Morgan fingerprint density at radius 3 is 2.52 bits per heavy atom. The van der Waals surface area contributed by atoms with Crippen molar-refractivity contribution in [3.8, 4) is 0 Å². The van der Waals surface area contributed by atoms with Crippen LogP contribution >= 0.6 is 11.3 Å². The van der Waals surface area contributed by atoms with Crippen molar-refractivity contribution >= 4 is 22.4 Å². The van der Waals surface area contributed by atoms with Crippen LogP contribution in [0.1, 0.15) is 18.9 Å². The molecule has 0 radical (unpaired) electrons. The molecule has 1 aromatic heterocycles. The van der Waals surface area contributed by atoms with Gasteiger partial charge in [-0.25, -0.2) is 0 Å². The number of nitrogens with one attached hydrogen (secondary N) is 1. The number of alkyl halides is 3. The molecular weight excluding hydrogens is 309 g/mol. The highest BCUT2D eigenvalue weighted by molar-refractivity contribution is 7.15. The molecule has 0 bridgehead atoms. The molecule has 1 aliphatic rings. The van der Waals surface area contributed by atoms with E-state index in [-0.39, 0.29) is 23.9 Å². The van der Waals surface area contributed by atoms with Gasteiger partial charge >= 0.3 is 6.18 Å². The fourth-order valence-corrected chi connectivity index (χ4v) is 2.79. The number of carbonyl (C=O) groups excluding carboxylic acids is 1. The number of nitrogens with zero attached hydrogens (tertiary/aromatic N) is 3. The lowest BCUT2D eigenvalue weighted by atomic mass is 10.2. The number of hydrogen-bond donors (Lipinski definition) is 1. The van der Waals surface area contributed by atoms with Gasteiger partial charge in [-0.2, -0.15) is 13.2 Å². The lowest BCUT2D eigenvalue weighted by Crippen LogP contribution is -2.48. The topological polar surface area (TPSA) is 67.4 Å². The third kappa shape index (κ3) is 4.61. The third-order valence-corrected chi connectivity index (χ3v) is 3.66. The number of halogens is 3. The number of hydrogen-bond acceptors (Lipinski definition) is 6. The minimum Gasteiger partial charge on any atom is -0.373 e. The molecule has 1 aromatic rings. The van der Waals surface area contributed by atoms with Gasteiger partial charge in [0.05, 0.1) is 18.8 Å². The van der Waals surface area contributed by atoms with Gasteiger partial charge in [-0.1, -0.05) is 11.3 Å². The van der Waals surface area contributed by atoms with E-state index in [1.165, 1.54) is 0 Å². The van der Waals surface area contributed by atoms with Gasteiger partial charge in [0.25, 0.3) is 0 Å². The van der Waals surface area contributed by atoms with E-state index in [2.05, 4.69) is 15.5 Å². The van der Waals surface area contributed by atoms with Gasteiger partial charge in [-0.05, 0) is 13.8 Å². The lowest BCUT2D eigenvalue weighted by Gasteiger charge is -2.34. The van der Waals surface area contributed by atoms with Gasteiger partial charge in [0, 0.05) is 13.1 Å². The Morgan fingerprint density at radius 1 is 1.38 bits per heavy atom. The van der Waals surface area contributed by atoms with E-state index in [1.54, 1.807) is 0 Å². The second-order valence-corrected chi connectivity index (χ2v) is 5.89. The minimum absolute atomic E-state index is 0.0138. The van der Waals surface area contributed by atoms with Gasteiger partial charge in [-0.15, -0.1) is 10.2 Å². The van der Waals surface area contributed by atoms with E-state index in [0.29, 0.717) is 24.4 Å². The maximum absolute atomic E-state index is 12.4. The molecule has 118 valence electrons. The first-order chi connectivity index (χ1) is 9.74. The number of ether oxygens (including phenoxy) is 1. The SMILES string of the molecule is C[C@@H]1CN(CC(=O)Nc2nnc(C(F)(F)F)s2)C[C@H](C)O1. The van der Waals surface area contributed by atoms with Crippen LogP contribution in [0.3, 0.4) is 0 Å². The van der Waals surface area contributed by atoms with Crippen LogP contribution in [0, 0.1) is 0 Å². The third-order valence-electron chi connectivity index (χ3n) is 2.78. The largest absolute Gasteiger partial charge is 0.445 e. The van der Waals surface area contributed by atoms with Crippen LogP contribution in [0.5, 0.6) is 0 Å². The molecule has 2 rings (SSSR count). The van der Waals surface area contributed by atoms with Gasteiger partial charge in [0.1, 0.15) is 0 Å². The molecule has 1 saturated heterocycles. The first-order valence-corrected chi connectivity index (χ1v) is 7.14. The van der Waals surface area contributed by atoms with Crippen molar-refractivity contribution in [3.63, 3.8) is 0 Å². The van der Waals surface area contributed by atoms with Crippen molar-refractivity contribution in [2.75, 3.05) is 25.0 Å². The van der Waals surface area contributed by atoms with Crippen LogP contribution in [-0.4, -0.2) is 52.8 Å². The highest BCUT2D eigenvalue weighted by Crippen LogP contribution is 2.32. The molecule has 1 N–H and O–H groups in total. The van der Waals surface area contributed by atoms with Crippen molar-refractivity contribution in [1.29, 1.82) is 0 Å². The molecule has 2 heterocycles. The Labute approximate surface area is 123 Å². The molecule has 1 aliphatic heterocycles. The average molecular weight is 324 g/mol. The number of amides is 1. The summed E-state index contributed by atoms with van der Waals surface area (Å²) in [5.74, 6) is -0.416. The maximum Gasteiger partial charge on any atom is 0.445 e. The van der Waals surface area contributed by atoms with E-state index in [9.17, 15) is 18.0 Å². The number of rotatable bonds is 3. The summed E-state index contributed by atoms with van der Waals surface area (Å²) in [7, 11) is 0. The standard InChI is InChI=1S/C11H15F3N4O2S/c1-6-3-18(4-7(2)20-6)5-8(19)15-10-17-16-9(21-10)11(12,13)14/h6-7H,3-5H2,1-2H3,(H,15,17,19)/t6-,7+. The van der Waals surface area contributed by atoms with Gasteiger partial charge in [-0.3, -0.25) is 15.0 Å². The predicted molar refractivity (Wildman–Crippen MR) is 70.0 cm³/mol. The summed E-state index contributed by atoms with van der Waals surface area (Å²) in [6, 6.07) is 0. The Morgan fingerprint density at radius 2 is 2.00 bits per heavy atom. The second kappa shape index (κ2) is 6.24. The number of aromatic nitrogens is 2. The molecule has 0 aromatic carbocycles. The van der Waals surface area contributed by atoms with Crippen molar-refractivity contribution < 1.29 is 22.7 Å². The Hall–Kier alpha value is -1.26. The van der Waals surface area contributed by atoms with Crippen LogP contribution in [-0.2, 0) is 15.7 Å². The average Bonchev–Trinajstić information content (AvgIpc) is 2.75. The molecule has 0 unspecified atom stereocenters. The van der Waals surface area contributed by atoms with E-state index in [4.69, 9.17) is 4.74 Å². The summed E-state index contributed by atoms with van der Waals surface area (Å²) in [5.41, 5.74) is 0. The van der Waals surface area contributed by atoms with Gasteiger partial charge in [0.15, 0.2) is 0 Å². The van der Waals surface area contributed by atoms with Crippen molar-refractivity contribution in [2.24, 2.45) is 0 Å². The molecule has 0 aliphatic carbocycles. The lowest BCUT2D eigenvalue weighted by molar-refractivity contribution is -0.138. The molecule has 10 heteroatoms. The first kappa shape index (κ1) is 16.1. The zero-order valence-electron chi connectivity index (χ0n) is 11.5. The summed E-state index contributed by atoms with van der Waals surface area (Å²) < 4.78 is 42.6. The summed E-state index contributed by atoms with van der Waals surface area (Å²) in [6.45, 7) is 5.09. The molecule has 2 atom stereocenters. The quantitative estimate of drug-likeness (QED) is 0.915. The minimum atomic E-state index is -4.55. The van der Waals surface area contributed by atoms with E-state index in [0.717, 1.165) is 0 Å². The fraction of sp³-hybridized carbons (Fsp3) is 0.727. The Bertz CT molecular complexity index is 498. The molecule has 1 amide bonds. The van der Waals surface area contributed by atoms with E-state index < -0.39 is 17.1 Å². The molecule has 1 fully saturated rings. The smallest absolute Gasteiger partial charge is 0.373 e. The number of carbonyl (C=O) groups is 1. The van der Waals surface area contributed by atoms with Crippen LogP contribution in [0.15, 0.2) is 0 Å². The highest BCUT2D eigenvalue weighted by Gasteiger charge is 2.36. The number of morpholine rings is 1. The van der Waals surface area contributed by atoms with Gasteiger partial charge < -0.3 is 4.74 Å². The Balaban J connectivity index is 1.88. The van der Waals surface area contributed by atoms with Crippen molar-refractivity contribution in [3.05, 3.63) is 5.01 Å². The predicted octanol–water partition coefficient (Wildman–Crippen LogP) is 1.60. The molecule has 0 spiro atoms. The van der Waals surface area contributed by atoms with E-state index >= 15 is 0 Å². The van der Waals surface area contributed by atoms with Crippen LogP contribution in [0.25, 0.3) is 0 Å². The van der Waals surface area contributed by atoms with Crippen LogP contribution in [0.2, 0.25) is 0 Å². The number of anilines is 1. The van der Waals surface area contributed by atoms with Crippen LogP contribution < -0.4 is 5.32 Å². The molecule has 21 heavy (non-hydrogen) atoms.